The van der Waals surface area contributed by atoms with E-state index in [4.69, 9.17) is 5.10 Å². The van der Waals surface area contributed by atoms with E-state index in [9.17, 15) is 4.79 Å². The molecule has 1 amide bonds. The normalized spacial score (nSPS) is 14.6. The molecule has 194 valence electrons. The molecule has 38 heavy (non-hydrogen) atoms. The number of amides is 1. The van der Waals surface area contributed by atoms with Gasteiger partial charge in [-0.15, -0.1) is 15.3 Å². The first-order valence-electron chi connectivity index (χ1n) is 13.0. The van der Waals surface area contributed by atoms with Crippen LogP contribution < -0.4 is 0 Å². The fourth-order valence-corrected chi connectivity index (χ4v) is 5.27. The van der Waals surface area contributed by atoms with Crippen molar-refractivity contribution in [1.82, 2.24) is 44.4 Å². The molecule has 0 N–H and O–H groups in total. The number of aromatic nitrogens is 7. The SMILES string of the molecule is Cc1nn(-c2ccc3nnc(C)n3n2)c(C)c1CCC(=O)N1CCN(Cc2ccc3cccnc3c2)CC1. The monoisotopic (exact) mass is 509 g/mol. The van der Waals surface area contributed by atoms with Crippen molar-refractivity contribution in [1.29, 1.82) is 0 Å². The minimum atomic E-state index is 0.200. The van der Waals surface area contributed by atoms with Crippen LogP contribution in [0, 0.1) is 20.8 Å². The third-order valence-electron chi connectivity index (χ3n) is 7.45. The fourth-order valence-electron chi connectivity index (χ4n) is 5.27. The lowest BCUT2D eigenvalue weighted by atomic mass is 10.1. The van der Waals surface area contributed by atoms with Gasteiger partial charge in [0.15, 0.2) is 17.3 Å². The van der Waals surface area contributed by atoms with Crippen LogP contribution in [0.2, 0.25) is 0 Å². The molecule has 1 fully saturated rings. The van der Waals surface area contributed by atoms with E-state index in [-0.39, 0.29) is 5.91 Å². The van der Waals surface area contributed by atoms with Crippen LogP contribution in [-0.2, 0) is 17.8 Å². The predicted octanol–water partition coefficient (Wildman–Crippen LogP) is 3.06. The number of benzene rings is 1. The summed E-state index contributed by atoms with van der Waals surface area (Å²) in [4.78, 5) is 22.0. The van der Waals surface area contributed by atoms with E-state index in [0.717, 1.165) is 66.4 Å². The molecule has 0 saturated carbocycles. The largest absolute Gasteiger partial charge is 0.340 e. The number of piperazine rings is 1. The number of carbonyl (C=O) groups is 1. The van der Waals surface area contributed by atoms with Gasteiger partial charge in [-0.2, -0.15) is 9.61 Å². The molecule has 1 aromatic carbocycles. The number of nitrogens with zero attached hydrogens (tertiary/aromatic N) is 9. The highest BCUT2D eigenvalue weighted by atomic mass is 16.2. The number of fused-ring (bicyclic) bond motifs is 2. The molecular formula is C28H31N9O. The predicted molar refractivity (Wildman–Crippen MR) is 144 cm³/mol. The van der Waals surface area contributed by atoms with E-state index in [1.165, 1.54) is 5.56 Å². The molecular weight excluding hydrogens is 478 g/mol. The zero-order chi connectivity index (χ0) is 26.2. The summed E-state index contributed by atoms with van der Waals surface area (Å²) < 4.78 is 3.56. The van der Waals surface area contributed by atoms with Gasteiger partial charge in [-0.1, -0.05) is 18.2 Å². The summed E-state index contributed by atoms with van der Waals surface area (Å²) in [7, 11) is 0. The minimum absolute atomic E-state index is 0.200. The van der Waals surface area contributed by atoms with E-state index in [1.807, 2.05) is 54.7 Å². The fraction of sp³-hybridized carbons (Fsp3) is 0.357. The lowest BCUT2D eigenvalue weighted by Gasteiger charge is -2.35. The number of carbonyl (C=O) groups excluding carboxylic acids is 1. The van der Waals surface area contributed by atoms with Gasteiger partial charge >= 0.3 is 0 Å². The summed E-state index contributed by atoms with van der Waals surface area (Å²) >= 11 is 0. The summed E-state index contributed by atoms with van der Waals surface area (Å²) in [5.74, 6) is 1.63. The quantitative estimate of drug-likeness (QED) is 0.347. The molecule has 0 radical (unpaired) electrons. The van der Waals surface area contributed by atoms with Crippen LogP contribution >= 0.6 is 0 Å². The molecule has 0 bridgehead atoms. The van der Waals surface area contributed by atoms with E-state index >= 15 is 0 Å². The minimum Gasteiger partial charge on any atom is -0.340 e. The standard InChI is InChI=1S/C28H31N9O/c1-19-24(20(2)36(32-19)27-10-9-26-31-30-21(3)37(26)33-27)8-11-28(38)35-15-13-34(14-16-35)18-22-6-7-23-5-4-12-29-25(23)17-22/h4-7,9-10,12,17H,8,11,13-16,18H2,1-3H3. The van der Waals surface area contributed by atoms with E-state index in [0.29, 0.717) is 24.3 Å². The van der Waals surface area contributed by atoms with Crippen molar-refractivity contribution >= 4 is 22.5 Å². The second-order valence-electron chi connectivity index (χ2n) is 9.96. The molecule has 1 aliphatic heterocycles. The van der Waals surface area contributed by atoms with Gasteiger partial charge in [0.05, 0.1) is 11.2 Å². The highest BCUT2D eigenvalue weighted by Gasteiger charge is 2.22. The van der Waals surface area contributed by atoms with Gasteiger partial charge in [-0.05, 0) is 62.6 Å². The third-order valence-corrected chi connectivity index (χ3v) is 7.45. The van der Waals surface area contributed by atoms with Crippen molar-refractivity contribution in [3.05, 3.63) is 77.0 Å². The van der Waals surface area contributed by atoms with Crippen molar-refractivity contribution in [3.8, 4) is 5.82 Å². The Morgan fingerprint density at radius 2 is 1.79 bits per heavy atom. The summed E-state index contributed by atoms with van der Waals surface area (Å²) in [6.45, 7) is 10.0. The van der Waals surface area contributed by atoms with Crippen LogP contribution in [0.25, 0.3) is 22.4 Å². The van der Waals surface area contributed by atoms with Crippen molar-refractivity contribution in [2.75, 3.05) is 26.2 Å². The molecule has 4 aromatic heterocycles. The number of hydrogen-bond donors (Lipinski definition) is 0. The Morgan fingerprint density at radius 1 is 0.947 bits per heavy atom. The molecule has 0 aliphatic carbocycles. The second kappa shape index (κ2) is 9.94. The second-order valence-corrected chi connectivity index (χ2v) is 9.96. The van der Waals surface area contributed by atoms with Crippen molar-refractivity contribution in [3.63, 3.8) is 0 Å². The van der Waals surface area contributed by atoms with Gasteiger partial charge in [0.25, 0.3) is 0 Å². The number of rotatable bonds is 6. The maximum atomic E-state index is 13.1. The summed E-state index contributed by atoms with van der Waals surface area (Å²) in [6, 6.07) is 14.3. The first kappa shape index (κ1) is 24.2. The molecule has 0 unspecified atom stereocenters. The first-order chi connectivity index (χ1) is 18.5. The molecule has 10 nitrogen and oxygen atoms in total. The van der Waals surface area contributed by atoms with E-state index in [2.05, 4.69) is 49.4 Å². The van der Waals surface area contributed by atoms with Gasteiger partial charge in [-0.25, -0.2) is 4.68 Å². The number of aryl methyl sites for hydroxylation is 2. The van der Waals surface area contributed by atoms with Gasteiger partial charge < -0.3 is 4.90 Å². The van der Waals surface area contributed by atoms with E-state index in [1.54, 1.807) is 4.52 Å². The average Bonchev–Trinajstić information content (AvgIpc) is 3.45. The Bertz CT molecular complexity index is 1630. The zero-order valence-electron chi connectivity index (χ0n) is 22.0. The maximum Gasteiger partial charge on any atom is 0.222 e. The molecule has 5 heterocycles. The number of pyridine rings is 1. The third kappa shape index (κ3) is 4.63. The molecule has 5 aromatic rings. The molecule has 10 heteroatoms. The van der Waals surface area contributed by atoms with Gasteiger partial charge in [0.1, 0.15) is 0 Å². The average molecular weight is 510 g/mol. The highest BCUT2D eigenvalue weighted by molar-refractivity contribution is 5.79. The number of hydrogen-bond acceptors (Lipinski definition) is 7. The maximum absolute atomic E-state index is 13.1. The van der Waals surface area contributed by atoms with Crippen LogP contribution in [0.15, 0.2) is 48.7 Å². The lowest BCUT2D eigenvalue weighted by Crippen LogP contribution is -2.48. The Hall–Kier alpha value is -4.18. The highest BCUT2D eigenvalue weighted by Crippen LogP contribution is 2.20. The van der Waals surface area contributed by atoms with Crippen LogP contribution in [0.3, 0.4) is 0 Å². The molecule has 6 rings (SSSR count). The van der Waals surface area contributed by atoms with Crippen molar-refractivity contribution in [2.24, 2.45) is 0 Å². The lowest BCUT2D eigenvalue weighted by molar-refractivity contribution is -0.133. The molecule has 1 aliphatic rings. The molecule has 1 saturated heterocycles. The van der Waals surface area contributed by atoms with Crippen LogP contribution in [0.4, 0.5) is 0 Å². The summed E-state index contributed by atoms with van der Waals surface area (Å²) in [5, 5.41) is 18.7. The Labute approximate surface area is 220 Å². The van der Waals surface area contributed by atoms with Crippen molar-refractivity contribution < 1.29 is 4.79 Å². The molecule has 0 atom stereocenters. The van der Waals surface area contributed by atoms with E-state index < -0.39 is 0 Å². The summed E-state index contributed by atoms with van der Waals surface area (Å²) in [6.07, 6.45) is 2.97. The molecule has 0 spiro atoms. The van der Waals surface area contributed by atoms with Crippen molar-refractivity contribution in [2.45, 2.75) is 40.2 Å². The topological polar surface area (TPSA) is 97.3 Å². The van der Waals surface area contributed by atoms with Gasteiger partial charge in [0.2, 0.25) is 5.91 Å². The Kier molecular flexibility index (Phi) is 6.32. The smallest absolute Gasteiger partial charge is 0.222 e. The van der Waals surface area contributed by atoms with Crippen LogP contribution in [0.5, 0.6) is 0 Å². The summed E-state index contributed by atoms with van der Waals surface area (Å²) in [5.41, 5.74) is 6.01. The first-order valence-corrected chi connectivity index (χ1v) is 13.0. The van der Waals surface area contributed by atoms with Gasteiger partial charge in [-0.3, -0.25) is 14.7 Å². The van der Waals surface area contributed by atoms with Crippen LogP contribution in [-0.4, -0.2) is 76.5 Å². The Balaban J connectivity index is 1.06. The van der Waals surface area contributed by atoms with Crippen LogP contribution in [0.1, 0.15) is 34.8 Å². The zero-order valence-corrected chi connectivity index (χ0v) is 22.0. The van der Waals surface area contributed by atoms with Gasteiger partial charge in [0, 0.05) is 56.4 Å². The Morgan fingerprint density at radius 3 is 2.63 bits per heavy atom.